The molecule has 5 aromatic rings. The molecule has 5 heterocycles. The van der Waals surface area contributed by atoms with Gasteiger partial charge in [0.15, 0.2) is 0 Å². The first-order valence-electron chi connectivity index (χ1n) is 15.6. The maximum absolute atomic E-state index is 14.0. The van der Waals surface area contributed by atoms with Crippen molar-refractivity contribution in [3.63, 3.8) is 0 Å². The largest absolute Gasteiger partial charge is 0.491 e. The van der Waals surface area contributed by atoms with Crippen molar-refractivity contribution in [1.82, 2.24) is 24.4 Å². The molecule has 0 bridgehead atoms. The van der Waals surface area contributed by atoms with Crippen molar-refractivity contribution < 1.29 is 23.4 Å². The third-order valence-electron chi connectivity index (χ3n) is 9.03. The van der Waals surface area contributed by atoms with Crippen LogP contribution >= 0.6 is 22.9 Å². The van der Waals surface area contributed by atoms with E-state index in [0.29, 0.717) is 75.2 Å². The molecule has 0 spiro atoms. The second-order valence-electron chi connectivity index (χ2n) is 11.8. The van der Waals surface area contributed by atoms with E-state index in [2.05, 4.69) is 21.0 Å². The van der Waals surface area contributed by atoms with Crippen LogP contribution in [0.1, 0.15) is 34.6 Å². The highest BCUT2D eigenvalue weighted by Crippen LogP contribution is 2.39. The van der Waals surface area contributed by atoms with Crippen LogP contribution in [-0.2, 0) is 6.54 Å². The van der Waals surface area contributed by atoms with Crippen LogP contribution in [0, 0.1) is 18.3 Å². The molecule has 0 radical (unpaired) electrons. The molecule has 1 saturated heterocycles. The molecule has 0 saturated carbocycles. The number of likely N-dealkylation sites (tertiary alicyclic amines) is 1. The topological polar surface area (TPSA) is 137 Å². The fourth-order valence-electron chi connectivity index (χ4n) is 6.38. The van der Waals surface area contributed by atoms with Crippen LogP contribution in [0.15, 0.2) is 46.8 Å². The normalized spacial score (nSPS) is 14.1. The molecule has 11 nitrogen and oxygen atoms in total. The van der Waals surface area contributed by atoms with Crippen LogP contribution in [0.4, 0.5) is 14.6 Å². The number of thiophene rings is 1. The van der Waals surface area contributed by atoms with Crippen LogP contribution < -0.4 is 15.2 Å². The van der Waals surface area contributed by atoms with Gasteiger partial charge in [-0.05, 0) is 44.0 Å². The predicted octanol–water partition coefficient (Wildman–Crippen LogP) is 5.89. The summed E-state index contributed by atoms with van der Waals surface area (Å²) in [6.07, 6.45) is 4.27. The summed E-state index contributed by atoms with van der Waals surface area (Å²) in [5.74, 6) is 0.173. The third-order valence-corrected chi connectivity index (χ3v) is 10.3. The van der Waals surface area contributed by atoms with Gasteiger partial charge in [0.2, 0.25) is 0 Å². The standard InChI is InChI=1S/C34H32ClF2N7O4S/c1-19-41-27-17-40-32(42(2)21-6-9-43(10-7-21)22(14-36)15-37)25(16-38)29(27)33(45)44(19)11-12-48-28-4-3-20(35)13-24(28)23-5-8-39-30-26(34(46)47)18-49-31(23)30/h3-5,8,13,17-18,21-22H,6-7,9-12,14-15H2,1-2H3,(H,46,47). The highest BCUT2D eigenvalue weighted by molar-refractivity contribution is 7.18. The average Bonchev–Trinajstić information content (AvgIpc) is 3.55. The zero-order valence-electron chi connectivity index (χ0n) is 26.7. The van der Waals surface area contributed by atoms with E-state index in [9.17, 15) is 28.7 Å². The smallest absolute Gasteiger partial charge is 0.338 e. The molecule has 0 amide bonds. The van der Waals surface area contributed by atoms with Gasteiger partial charge in [0, 0.05) is 53.9 Å². The number of aromatic carboxylic acids is 1. The lowest BCUT2D eigenvalue weighted by atomic mass is 10.0. The van der Waals surface area contributed by atoms with Gasteiger partial charge in [0.25, 0.3) is 5.56 Å². The van der Waals surface area contributed by atoms with Crippen molar-refractivity contribution in [2.24, 2.45) is 0 Å². The Hall–Kier alpha value is -4.71. The van der Waals surface area contributed by atoms with Crippen molar-refractivity contribution in [2.75, 3.05) is 45.0 Å². The fraction of sp³-hybridized carbons (Fsp3) is 0.353. The van der Waals surface area contributed by atoms with Crippen LogP contribution in [-0.4, -0.2) is 87.7 Å². The molecule has 0 atom stereocenters. The molecule has 4 aromatic heterocycles. The van der Waals surface area contributed by atoms with Gasteiger partial charge in [-0.2, -0.15) is 5.26 Å². The number of piperidine rings is 1. The van der Waals surface area contributed by atoms with Crippen LogP contribution in [0.3, 0.4) is 0 Å². The summed E-state index contributed by atoms with van der Waals surface area (Å²) in [5, 5.41) is 22.0. The summed E-state index contributed by atoms with van der Waals surface area (Å²) >= 11 is 7.63. The average molecular weight is 708 g/mol. The molecule has 0 unspecified atom stereocenters. The molecule has 1 fully saturated rings. The van der Waals surface area contributed by atoms with Gasteiger partial charge < -0.3 is 14.7 Å². The van der Waals surface area contributed by atoms with Gasteiger partial charge in [-0.15, -0.1) is 11.3 Å². The van der Waals surface area contributed by atoms with Gasteiger partial charge in [-0.25, -0.2) is 23.5 Å². The number of carboxylic acids is 1. The summed E-state index contributed by atoms with van der Waals surface area (Å²) in [6.45, 7) is 1.41. The van der Waals surface area contributed by atoms with E-state index in [1.165, 1.54) is 28.3 Å². The number of benzene rings is 1. The number of aromatic nitrogens is 4. The minimum absolute atomic E-state index is 0.0395. The first-order chi connectivity index (χ1) is 23.7. The molecule has 1 aliphatic rings. The predicted molar refractivity (Wildman–Crippen MR) is 185 cm³/mol. The van der Waals surface area contributed by atoms with Crippen molar-refractivity contribution in [3.8, 4) is 22.9 Å². The molecule has 49 heavy (non-hydrogen) atoms. The Labute approximate surface area is 289 Å². The zero-order chi connectivity index (χ0) is 34.8. The number of carbonyl (C=O) groups is 1. The summed E-state index contributed by atoms with van der Waals surface area (Å²) < 4.78 is 34.8. The van der Waals surface area contributed by atoms with Crippen LogP contribution in [0.2, 0.25) is 5.02 Å². The third kappa shape index (κ3) is 6.53. The van der Waals surface area contributed by atoms with Gasteiger partial charge in [0.05, 0.1) is 45.5 Å². The number of aryl methyl sites for hydroxylation is 1. The molecular formula is C34H32ClF2N7O4S. The molecule has 15 heteroatoms. The Morgan fingerprint density at radius 2 is 1.98 bits per heavy atom. The molecule has 0 aliphatic carbocycles. The summed E-state index contributed by atoms with van der Waals surface area (Å²) in [5.41, 5.74) is 1.83. The number of anilines is 1. The molecule has 6 rings (SSSR count). The Bertz CT molecular complexity index is 2140. The lowest BCUT2D eigenvalue weighted by Crippen LogP contribution is -2.49. The number of rotatable bonds is 11. The van der Waals surface area contributed by atoms with E-state index in [0.717, 1.165) is 0 Å². The van der Waals surface area contributed by atoms with Crippen molar-refractivity contribution in [1.29, 1.82) is 5.26 Å². The van der Waals surface area contributed by atoms with Crippen molar-refractivity contribution in [3.05, 3.63) is 74.4 Å². The number of carboxylic acid groups (broad SMARTS) is 1. The lowest BCUT2D eigenvalue weighted by molar-refractivity contribution is 0.0699. The maximum atomic E-state index is 14.0. The number of hydrogen-bond donors (Lipinski definition) is 1. The number of ether oxygens (including phenoxy) is 1. The van der Waals surface area contributed by atoms with E-state index < -0.39 is 30.9 Å². The number of nitrogens with zero attached hydrogens (tertiary/aromatic N) is 7. The summed E-state index contributed by atoms with van der Waals surface area (Å²) in [7, 11) is 1.81. The number of fused-ring (bicyclic) bond motifs is 2. The van der Waals surface area contributed by atoms with E-state index in [1.54, 1.807) is 41.5 Å². The van der Waals surface area contributed by atoms with Crippen molar-refractivity contribution >= 4 is 55.8 Å². The summed E-state index contributed by atoms with van der Waals surface area (Å²) in [6, 6.07) is 8.28. The first-order valence-corrected chi connectivity index (χ1v) is 16.8. The number of hydrogen-bond acceptors (Lipinski definition) is 10. The monoisotopic (exact) mass is 707 g/mol. The lowest BCUT2D eigenvalue weighted by Gasteiger charge is -2.39. The molecule has 1 N–H and O–H groups in total. The zero-order valence-corrected chi connectivity index (χ0v) is 28.3. The minimum Gasteiger partial charge on any atom is -0.491 e. The highest BCUT2D eigenvalue weighted by Gasteiger charge is 2.29. The van der Waals surface area contributed by atoms with Gasteiger partial charge >= 0.3 is 5.97 Å². The van der Waals surface area contributed by atoms with E-state index in [-0.39, 0.29) is 35.7 Å². The molecule has 254 valence electrons. The highest BCUT2D eigenvalue weighted by atomic mass is 35.5. The van der Waals surface area contributed by atoms with E-state index in [4.69, 9.17) is 16.3 Å². The molecule has 1 aliphatic heterocycles. The Balaban J connectivity index is 1.26. The quantitative estimate of drug-likeness (QED) is 0.177. The van der Waals surface area contributed by atoms with Crippen LogP contribution in [0.25, 0.3) is 32.2 Å². The van der Waals surface area contributed by atoms with Crippen molar-refractivity contribution in [2.45, 2.75) is 38.4 Å². The van der Waals surface area contributed by atoms with E-state index in [1.807, 2.05) is 11.9 Å². The van der Waals surface area contributed by atoms with Crippen LogP contribution in [0.5, 0.6) is 5.75 Å². The Kier molecular flexibility index (Phi) is 10.0. The first kappa shape index (κ1) is 34.2. The molecule has 1 aromatic carbocycles. The Morgan fingerprint density at radius 1 is 1.22 bits per heavy atom. The SMILES string of the molecule is Cc1nc2cnc(N(C)C3CCN(C(CF)CF)CC3)c(C#N)c2c(=O)n1CCOc1ccc(Cl)cc1-c1ccnc2c(C(=O)O)csc12. The minimum atomic E-state index is -1.07. The molecular weight excluding hydrogens is 676 g/mol. The van der Waals surface area contributed by atoms with Gasteiger partial charge in [0.1, 0.15) is 49.0 Å². The maximum Gasteiger partial charge on any atom is 0.338 e. The summed E-state index contributed by atoms with van der Waals surface area (Å²) in [4.78, 5) is 42.7. The van der Waals surface area contributed by atoms with Gasteiger partial charge in [-0.1, -0.05) is 11.6 Å². The Morgan fingerprint density at radius 3 is 2.67 bits per heavy atom. The number of halogens is 3. The number of pyridine rings is 2. The second-order valence-corrected chi connectivity index (χ2v) is 13.1. The van der Waals surface area contributed by atoms with Gasteiger partial charge in [-0.3, -0.25) is 19.2 Å². The number of nitriles is 1. The number of alkyl halides is 2. The fourth-order valence-corrected chi connectivity index (χ4v) is 7.58. The second kappa shape index (κ2) is 14.4. The van der Waals surface area contributed by atoms with E-state index >= 15 is 0 Å².